The van der Waals surface area contributed by atoms with E-state index in [0.717, 1.165) is 11.3 Å². The van der Waals surface area contributed by atoms with Gasteiger partial charge in [0.1, 0.15) is 0 Å². The van der Waals surface area contributed by atoms with Gasteiger partial charge in [-0.3, -0.25) is 9.59 Å². The molecule has 3 rings (SSSR count). The van der Waals surface area contributed by atoms with Gasteiger partial charge in [-0.05, 0) is 44.5 Å². The van der Waals surface area contributed by atoms with Crippen LogP contribution in [0, 0.1) is 5.41 Å². The van der Waals surface area contributed by atoms with Gasteiger partial charge in [0.2, 0.25) is 0 Å². The van der Waals surface area contributed by atoms with Crippen LogP contribution in [0.5, 0.6) is 0 Å². The molecule has 1 aromatic carbocycles. The highest BCUT2D eigenvalue weighted by Gasteiger charge is 2.41. The largest absolute Gasteiger partial charge is 0.462 e. The number of nitrogens with zero attached hydrogens (tertiary/aromatic N) is 1. The van der Waals surface area contributed by atoms with Gasteiger partial charge in [-0.25, -0.2) is 9.69 Å². The Labute approximate surface area is 146 Å². The van der Waals surface area contributed by atoms with E-state index in [4.69, 9.17) is 9.47 Å². The number of carbonyl (C=O) groups excluding carboxylic acids is 3. The maximum atomic E-state index is 12.1. The molecular weight excluding hydrogens is 322 g/mol. The highest BCUT2D eigenvalue weighted by Crippen LogP contribution is 2.37. The van der Waals surface area contributed by atoms with Crippen molar-refractivity contribution in [3.8, 4) is 0 Å². The molecule has 0 spiro atoms. The lowest BCUT2D eigenvalue weighted by Gasteiger charge is -2.45. The third kappa shape index (κ3) is 3.22. The Morgan fingerprint density at radius 1 is 1.32 bits per heavy atom. The van der Waals surface area contributed by atoms with Crippen molar-refractivity contribution in [2.75, 3.05) is 18.1 Å². The summed E-state index contributed by atoms with van der Waals surface area (Å²) in [5.74, 6) is -1.13. The van der Waals surface area contributed by atoms with E-state index in [1.807, 2.05) is 6.92 Å². The zero-order chi connectivity index (χ0) is 18.2. The molecule has 0 aromatic heterocycles. The summed E-state index contributed by atoms with van der Waals surface area (Å²) >= 11 is 0. The van der Waals surface area contributed by atoms with Gasteiger partial charge in [0.05, 0.1) is 30.6 Å². The topological polar surface area (TPSA) is 72.9 Å². The van der Waals surface area contributed by atoms with Gasteiger partial charge in [0.15, 0.2) is 0 Å². The van der Waals surface area contributed by atoms with Gasteiger partial charge in [0.25, 0.3) is 11.8 Å². The van der Waals surface area contributed by atoms with E-state index in [1.165, 1.54) is 6.08 Å². The van der Waals surface area contributed by atoms with E-state index in [9.17, 15) is 14.4 Å². The molecule has 6 nitrogen and oxygen atoms in total. The van der Waals surface area contributed by atoms with Crippen LogP contribution >= 0.6 is 0 Å². The van der Waals surface area contributed by atoms with Crippen LogP contribution in [0.25, 0.3) is 0 Å². The van der Waals surface area contributed by atoms with Crippen molar-refractivity contribution in [1.29, 1.82) is 0 Å². The SMILES string of the molecule is CC1=CC(=O)N(c2ccc(C(=O)OCCC3(C)COC3C)cc2)C1=O. The van der Waals surface area contributed by atoms with Gasteiger partial charge in [0, 0.05) is 17.1 Å². The molecule has 0 aliphatic carbocycles. The zero-order valence-electron chi connectivity index (χ0n) is 14.6. The number of hydrogen-bond donors (Lipinski definition) is 0. The number of anilines is 1. The lowest BCUT2D eigenvalue weighted by Crippen LogP contribution is -2.48. The summed E-state index contributed by atoms with van der Waals surface area (Å²) < 4.78 is 10.7. The minimum atomic E-state index is -0.420. The fraction of sp³-hybridized carbons (Fsp3) is 0.421. The summed E-state index contributed by atoms with van der Waals surface area (Å²) in [6, 6.07) is 6.26. The number of benzene rings is 1. The molecule has 2 atom stereocenters. The first-order valence-corrected chi connectivity index (χ1v) is 8.27. The molecule has 1 aromatic rings. The quantitative estimate of drug-likeness (QED) is 0.607. The lowest BCUT2D eigenvalue weighted by molar-refractivity contribution is -0.174. The predicted octanol–water partition coefficient (Wildman–Crippen LogP) is 2.48. The van der Waals surface area contributed by atoms with Crippen molar-refractivity contribution in [1.82, 2.24) is 0 Å². The third-order valence-electron chi connectivity index (χ3n) is 5.01. The van der Waals surface area contributed by atoms with Crippen LogP contribution in [0.3, 0.4) is 0 Å². The highest BCUT2D eigenvalue weighted by atomic mass is 16.5. The van der Waals surface area contributed by atoms with E-state index >= 15 is 0 Å². The number of hydrogen-bond acceptors (Lipinski definition) is 5. The molecule has 1 saturated heterocycles. The third-order valence-corrected chi connectivity index (χ3v) is 5.01. The van der Waals surface area contributed by atoms with Crippen molar-refractivity contribution in [3.05, 3.63) is 41.5 Å². The van der Waals surface area contributed by atoms with Crippen LogP contribution < -0.4 is 4.90 Å². The maximum Gasteiger partial charge on any atom is 0.338 e. The van der Waals surface area contributed by atoms with Gasteiger partial charge in [-0.15, -0.1) is 0 Å². The molecule has 25 heavy (non-hydrogen) atoms. The normalized spacial score (nSPS) is 25.6. The summed E-state index contributed by atoms with van der Waals surface area (Å²) in [7, 11) is 0. The molecular formula is C19H21NO5. The van der Waals surface area contributed by atoms with Crippen LogP contribution in [-0.2, 0) is 19.1 Å². The van der Waals surface area contributed by atoms with Crippen LogP contribution in [0.15, 0.2) is 35.9 Å². The van der Waals surface area contributed by atoms with Crippen LogP contribution in [-0.4, -0.2) is 37.1 Å². The number of esters is 1. The number of carbonyl (C=O) groups is 3. The number of rotatable bonds is 5. The van der Waals surface area contributed by atoms with Crippen LogP contribution in [0.2, 0.25) is 0 Å². The summed E-state index contributed by atoms with van der Waals surface area (Å²) in [5, 5.41) is 0. The van der Waals surface area contributed by atoms with E-state index in [2.05, 4.69) is 6.92 Å². The average Bonchev–Trinajstić information content (AvgIpc) is 2.85. The lowest BCUT2D eigenvalue weighted by atomic mass is 9.78. The van der Waals surface area contributed by atoms with Gasteiger partial charge < -0.3 is 9.47 Å². The second-order valence-corrected chi connectivity index (χ2v) is 6.85. The van der Waals surface area contributed by atoms with Gasteiger partial charge >= 0.3 is 5.97 Å². The second-order valence-electron chi connectivity index (χ2n) is 6.85. The van der Waals surface area contributed by atoms with Crippen molar-refractivity contribution < 1.29 is 23.9 Å². The van der Waals surface area contributed by atoms with E-state index in [0.29, 0.717) is 30.0 Å². The number of ether oxygens (including phenoxy) is 2. The Hall–Kier alpha value is -2.47. The number of amides is 2. The average molecular weight is 343 g/mol. The molecule has 1 fully saturated rings. The Morgan fingerprint density at radius 3 is 2.48 bits per heavy atom. The van der Waals surface area contributed by atoms with Gasteiger partial charge in [-0.1, -0.05) is 6.92 Å². The standard InChI is InChI=1S/C19H21NO5/c1-12-10-16(21)20(17(12)22)15-6-4-14(5-7-15)18(23)24-9-8-19(3)11-25-13(19)2/h4-7,10,13H,8-9,11H2,1-3H3. The fourth-order valence-corrected chi connectivity index (χ4v) is 2.85. The second kappa shape index (κ2) is 6.44. The molecule has 2 unspecified atom stereocenters. The molecule has 6 heteroatoms. The maximum absolute atomic E-state index is 12.1. The Kier molecular flexibility index (Phi) is 4.47. The first-order valence-electron chi connectivity index (χ1n) is 8.27. The monoisotopic (exact) mass is 343 g/mol. The van der Waals surface area contributed by atoms with Crippen LogP contribution in [0.1, 0.15) is 37.6 Å². The minimum absolute atomic E-state index is 0.0610. The van der Waals surface area contributed by atoms with Crippen molar-refractivity contribution in [2.45, 2.75) is 33.3 Å². The number of imide groups is 1. The molecule has 0 bridgehead atoms. The molecule has 0 saturated carbocycles. The van der Waals surface area contributed by atoms with E-state index < -0.39 is 5.97 Å². The van der Waals surface area contributed by atoms with Gasteiger partial charge in [-0.2, -0.15) is 0 Å². The van der Waals surface area contributed by atoms with Crippen LogP contribution in [0.4, 0.5) is 5.69 Å². The first-order chi connectivity index (χ1) is 11.8. The zero-order valence-corrected chi connectivity index (χ0v) is 14.6. The first kappa shape index (κ1) is 17.4. The fourth-order valence-electron chi connectivity index (χ4n) is 2.85. The Morgan fingerprint density at radius 2 is 2.00 bits per heavy atom. The molecule has 2 amide bonds. The molecule has 0 N–H and O–H groups in total. The van der Waals surface area contributed by atoms with E-state index in [1.54, 1.807) is 31.2 Å². The Balaban J connectivity index is 1.58. The summed E-state index contributed by atoms with van der Waals surface area (Å²) in [5.41, 5.74) is 1.28. The molecule has 0 radical (unpaired) electrons. The molecule has 132 valence electrons. The van der Waals surface area contributed by atoms with Crippen molar-refractivity contribution >= 4 is 23.5 Å². The van der Waals surface area contributed by atoms with Crippen molar-refractivity contribution in [2.24, 2.45) is 5.41 Å². The van der Waals surface area contributed by atoms with Crippen molar-refractivity contribution in [3.63, 3.8) is 0 Å². The Bertz CT molecular complexity index is 752. The minimum Gasteiger partial charge on any atom is -0.462 e. The van der Waals surface area contributed by atoms with E-state index in [-0.39, 0.29) is 23.3 Å². The summed E-state index contributed by atoms with van der Waals surface area (Å²) in [6.45, 7) is 6.74. The molecule has 2 aliphatic rings. The molecule has 2 aliphatic heterocycles. The highest BCUT2D eigenvalue weighted by molar-refractivity contribution is 6.30. The predicted molar refractivity (Wildman–Crippen MR) is 91.1 cm³/mol. The smallest absolute Gasteiger partial charge is 0.338 e. The summed E-state index contributed by atoms with van der Waals surface area (Å²) in [4.78, 5) is 37.0. The molecule has 2 heterocycles. The summed E-state index contributed by atoms with van der Waals surface area (Å²) in [6.07, 6.45) is 2.23.